The van der Waals surface area contributed by atoms with E-state index in [-0.39, 0.29) is 22.5 Å². The molecule has 22 heavy (non-hydrogen) atoms. The van der Waals surface area contributed by atoms with Crippen molar-refractivity contribution in [3.63, 3.8) is 0 Å². The second kappa shape index (κ2) is 5.72. The molecule has 1 aliphatic carbocycles. The maximum atomic E-state index is 12.8. The monoisotopic (exact) mass is 302 g/mol. The molecule has 0 atom stereocenters. The quantitative estimate of drug-likeness (QED) is 0.747. The number of rotatable bonds is 2. The fraction of sp³-hybridized carbons (Fsp3) is 0.650. The number of phenolic OH excluding ortho intramolecular Hbond substituents is 1. The molecule has 1 aromatic carbocycles. The largest absolute Gasteiger partial charge is 0.507 e. The molecule has 0 aliphatic heterocycles. The van der Waals surface area contributed by atoms with Gasteiger partial charge in [0.2, 0.25) is 0 Å². The minimum absolute atomic E-state index is 0.171. The Morgan fingerprint density at radius 1 is 0.955 bits per heavy atom. The van der Waals surface area contributed by atoms with E-state index < -0.39 is 0 Å². The molecule has 0 bridgehead atoms. The maximum Gasteiger partial charge on any atom is 0.165 e. The first-order valence-electron chi connectivity index (χ1n) is 8.44. The van der Waals surface area contributed by atoms with Crippen LogP contribution in [0.1, 0.15) is 88.7 Å². The molecule has 0 spiro atoms. The molecule has 2 rings (SSSR count). The molecule has 0 unspecified atom stereocenters. The van der Waals surface area contributed by atoms with Crippen LogP contribution >= 0.6 is 0 Å². The molecule has 1 fully saturated rings. The highest BCUT2D eigenvalue weighted by Crippen LogP contribution is 2.40. The Labute approximate surface area is 134 Å². The first kappa shape index (κ1) is 17.1. The molecule has 1 aromatic rings. The predicted molar refractivity (Wildman–Crippen MR) is 91.8 cm³/mol. The summed E-state index contributed by atoms with van der Waals surface area (Å²) < 4.78 is 0. The van der Waals surface area contributed by atoms with Crippen LogP contribution in [-0.4, -0.2) is 10.9 Å². The van der Waals surface area contributed by atoms with Gasteiger partial charge in [0.1, 0.15) is 5.75 Å². The average Bonchev–Trinajstić information content (AvgIpc) is 2.89. The predicted octanol–water partition coefficient (Wildman–Crippen LogP) is 5.36. The fourth-order valence-electron chi connectivity index (χ4n) is 3.34. The van der Waals surface area contributed by atoms with Gasteiger partial charge in [-0.3, -0.25) is 4.79 Å². The van der Waals surface area contributed by atoms with Crippen LogP contribution in [0.25, 0.3) is 0 Å². The molecule has 0 aromatic heterocycles. The van der Waals surface area contributed by atoms with Gasteiger partial charge in [0.15, 0.2) is 5.78 Å². The van der Waals surface area contributed by atoms with Crippen molar-refractivity contribution in [3.05, 3.63) is 28.8 Å². The summed E-state index contributed by atoms with van der Waals surface area (Å²) in [5.41, 5.74) is 2.16. The van der Waals surface area contributed by atoms with E-state index >= 15 is 0 Å². The second-order valence-electron chi connectivity index (χ2n) is 8.77. The number of ketones is 1. The zero-order valence-corrected chi connectivity index (χ0v) is 14.9. The third-order valence-electron chi connectivity index (χ3n) is 4.74. The van der Waals surface area contributed by atoms with Crippen LogP contribution in [0.4, 0.5) is 0 Å². The molecule has 1 aliphatic rings. The van der Waals surface area contributed by atoms with E-state index in [4.69, 9.17) is 0 Å². The first-order chi connectivity index (χ1) is 10.0. The Balaban J connectivity index is 2.57. The molecule has 1 N–H and O–H groups in total. The number of hydrogen-bond acceptors (Lipinski definition) is 2. The summed E-state index contributed by atoms with van der Waals surface area (Å²) in [5, 5.41) is 10.7. The van der Waals surface area contributed by atoms with Gasteiger partial charge in [0.05, 0.1) is 0 Å². The van der Waals surface area contributed by atoms with Crippen LogP contribution < -0.4 is 0 Å². The van der Waals surface area contributed by atoms with Crippen LogP contribution in [-0.2, 0) is 10.8 Å². The maximum absolute atomic E-state index is 12.8. The van der Waals surface area contributed by atoms with Crippen LogP contribution in [0.2, 0.25) is 0 Å². The number of phenols is 1. The van der Waals surface area contributed by atoms with Gasteiger partial charge in [-0.15, -0.1) is 0 Å². The van der Waals surface area contributed by atoms with Gasteiger partial charge >= 0.3 is 0 Å². The highest BCUT2D eigenvalue weighted by molar-refractivity contribution is 5.98. The Morgan fingerprint density at radius 2 is 1.36 bits per heavy atom. The van der Waals surface area contributed by atoms with Crippen molar-refractivity contribution in [2.75, 3.05) is 0 Å². The van der Waals surface area contributed by atoms with E-state index in [1.165, 1.54) is 0 Å². The lowest BCUT2D eigenvalue weighted by molar-refractivity contribution is 0.0922. The summed E-state index contributed by atoms with van der Waals surface area (Å²) in [6.45, 7) is 12.5. The lowest BCUT2D eigenvalue weighted by Crippen LogP contribution is -2.20. The molecule has 2 nitrogen and oxygen atoms in total. The molecule has 1 saturated carbocycles. The van der Waals surface area contributed by atoms with E-state index in [2.05, 4.69) is 41.5 Å². The van der Waals surface area contributed by atoms with Gasteiger partial charge in [-0.25, -0.2) is 0 Å². The zero-order chi connectivity index (χ0) is 16.7. The summed E-state index contributed by atoms with van der Waals surface area (Å²) in [6, 6.07) is 3.84. The highest BCUT2D eigenvalue weighted by Gasteiger charge is 2.30. The van der Waals surface area contributed by atoms with Gasteiger partial charge in [-0.05, 0) is 35.8 Å². The van der Waals surface area contributed by atoms with Crippen LogP contribution in [0.3, 0.4) is 0 Å². The van der Waals surface area contributed by atoms with Crippen LogP contribution in [0.15, 0.2) is 12.1 Å². The second-order valence-corrected chi connectivity index (χ2v) is 8.77. The number of carbonyl (C=O) groups excluding carboxylic acids is 1. The SMILES string of the molecule is CC(C)(C)c1cc(C(=O)C2CCCC2)cc(C(C)(C)C)c1O. The van der Waals surface area contributed by atoms with Crippen LogP contribution in [0.5, 0.6) is 5.75 Å². The molecule has 0 saturated heterocycles. The van der Waals surface area contributed by atoms with E-state index in [9.17, 15) is 9.90 Å². The standard InChI is InChI=1S/C20H30O2/c1-19(2,3)15-11-14(17(21)13-9-7-8-10-13)12-16(18(15)22)20(4,5)6/h11-13,22H,7-10H2,1-6H3. The van der Waals surface area contributed by atoms with Crippen molar-refractivity contribution >= 4 is 5.78 Å². The van der Waals surface area contributed by atoms with Crippen molar-refractivity contribution < 1.29 is 9.90 Å². The Bertz CT molecular complexity index is 529. The summed E-state index contributed by atoms with van der Waals surface area (Å²) in [5.74, 6) is 0.779. The molecule has 0 radical (unpaired) electrons. The van der Waals surface area contributed by atoms with Crippen molar-refractivity contribution in [1.29, 1.82) is 0 Å². The third kappa shape index (κ3) is 3.37. The normalized spacial score (nSPS) is 17.0. The number of Topliss-reactive ketones (excluding diaryl/α,β-unsaturated/α-hetero) is 1. The summed E-state index contributed by atoms with van der Waals surface area (Å²) in [7, 11) is 0. The van der Waals surface area contributed by atoms with E-state index in [1.54, 1.807) is 0 Å². The van der Waals surface area contributed by atoms with Gasteiger partial charge in [0, 0.05) is 22.6 Å². The molecule has 0 amide bonds. The smallest absolute Gasteiger partial charge is 0.165 e. The van der Waals surface area contributed by atoms with Gasteiger partial charge < -0.3 is 5.11 Å². The van der Waals surface area contributed by atoms with E-state index in [1.807, 2.05) is 12.1 Å². The van der Waals surface area contributed by atoms with Crippen molar-refractivity contribution in [1.82, 2.24) is 0 Å². The third-order valence-corrected chi connectivity index (χ3v) is 4.74. The summed E-state index contributed by atoms with van der Waals surface area (Å²) in [6.07, 6.45) is 4.34. The molecular weight excluding hydrogens is 272 g/mol. The van der Waals surface area contributed by atoms with Gasteiger partial charge in [-0.2, -0.15) is 0 Å². The van der Waals surface area contributed by atoms with E-state index in [0.29, 0.717) is 5.75 Å². The lowest BCUT2D eigenvalue weighted by Gasteiger charge is -2.28. The zero-order valence-electron chi connectivity index (χ0n) is 14.9. The number of benzene rings is 1. The summed E-state index contributed by atoms with van der Waals surface area (Å²) >= 11 is 0. The number of carbonyl (C=O) groups is 1. The molecule has 2 heteroatoms. The van der Waals surface area contributed by atoms with Crippen molar-refractivity contribution in [2.24, 2.45) is 5.92 Å². The topological polar surface area (TPSA) is 37.3 Å². The minimum atomic E-state index is -0.184. The van der Waals surface area contributed by atoms with Crippen molar-refractivity contribution in [2.45, 2.75) is 78.1 Å². The Morgan fingerprint density at radius 3 is 1.73 bits per heavy atom. The first-order valence-corrected chi connectivity index (χ1v) is 8.44. The fourth-order valence-corrected chi connectivity index (χ4v) is 3.34. The Kier molecular flexibility index (Phi) is 4.43. The lowest BCUT2D eigenvalue weighted by atomic mass is 9.77. The van der Waals surface area contributed by atoms with Gasteiger partial charge in [-0.1, -0.05) is 54.4 Å². The number of aromatic hydroxyl groups is 1. The number of hydrogen-bond donors (Lipinski definition) is 1. The molecule has 0 heterocycles. The van der Waals surface area contributed by atoms with E-state index in [0.717, 1.165) is 42.4 Å². The van der Waals surface area contributed by atoms with Gasteiger partial charge in [0.25, 0.3) is 0 Å². The minimum Gasteiger partial charge on any atom is -0.507 e. The van der Waals surface area contributed by atoms with Crippen molar-refractivity contribution in [3.8, 4) is 5.75 Å². The molecular formula is C20H30O2. The average molecular weight is 302 g/mol. The summed E-state index contributed by atoms with van der Waals surface area (Å²) in [4.78, 5) is 12.8. The van der Waals surface area contributed by atoms with Crippen LogP contribution in [0, 0.1) is 5.92 Å². The molecule has 122 valence electrons. The highest BCUT2D eigenvalue weighted by atomic mass is 16.3. The Hall–Kier alpha value is -1.31.